The number of hydrogen-bond donors (Lipinski definition) is 1. The average Bonchev–Trinajstić information content (AvgIpc) is 2.63. The van der Waals surface area contributed by atoms with Crippen molar-refractivity contribution in [3.8, 4) is 0 Å². The lowest BCUT2D eigenvalue weighted by Crippen LogP contribution is -1.99. The number of thiophene rings is 1. The van der Waals surface area contributed by atoms with E-state index in [1.807, 2.05) is 12.1 Å². The van der Waals surface area contributed by atoms with Crippen LogP contribution < -0.4 is 5.32 Å². The molecule has 0 amide bonds. The highest BCUT2D eigenvalue weighted by Crippen LogP contribution is 2.23. The van der Waals surface area contributed by atoms with Crippen molar-refractivity contribution in [1.29, 1.82) is 0 Å². The van der Waals surface area contributed by atoms with E-state index in [1.54, 1.807) is 11.3 Å². The van der Waals surface area contributed by atoms with E-state index >= 15 is 0 Å². The predicted molar refractivity (Wildman–Crippen MR) is 65.7 cm³/mol. The Hall–Kier alpha value is -0.940. The highest BCUT2D eigenvalue weighted by Gasteiger charge is 2.04. The second-order valence-corrected chi connectivity index (χ2v) is 5.73. The van der Waals surface area contributed by atoms with Crippen LogP contribution in [0.2, 0.25) is 0 Å². The summed E-state index contributed by atoms with van der Waals surface area (Å²) in [6, 6.07) is 7.38. The van der Waals surface area contributed by atoms with Crippen LogP contribution >= 0.6 is 27.3 Å². The minimum atomic E-state index is -0.573. The molecule has 0 radical (unpaired) electrons. The Morgan fingerprint density at radius 1 is 1.19 bits per heavy atom. The van der Waals surface area contributed by atoms with Crippen molar-refractivity contribution < 1.29 is 8.78 Å². The summed E-state index contributed by atoms with van der Waals surface area (Å²) in [5, 5.41) is 2.92. The molecular weight excluding hydrogens is 296 g/mol. The zero-order valence-electron chi connectivity index (χ0n) is 8.14. The second kappa shape index (κ2) is 4.93. The summed E-state index contributed by atoms with van der Waals surface area (Å²) in [5.74, 6) is -1.14. The van der Waals surface area contributed by atoms with E-state index < -0.39 is 11.6 Å². The first-order chi connectivity index (χ1) is 7.65. The Morgan fingerprint density at radius 2 is 2.00 bits per heavy atom. The number of hydrogen-bond acceptors (Lipinski definition) is 2. The monoisotopic (exact) mass is 303 g/mol. The molecular formula is C11H8BrF2NS. The third-order valence-corrected chi connectivity index (χ3v) is 3.64. The molecule has 2 aromatic rings. The molecule has 0 saturated carbocycles. The lowest BCUT2D eigenvalue weighted by molar-refractivity contribution is 0.585. The Bertz CT molecular complexity index is 498. The zero-order valence-corrected chi connectivity index (χ0v) is 10.5. The minimum Gasteiger partial charge on any atom is -0.378 e. The first kappa shape index (κ1) is 11.5. The average molecular weight is 304 g/mol. The molecule has 0 bridgehead atoms. The van der Waals surface area contributed by atoms with Crippen LogP contribution in [0.3, 0.4) is 0 Å². The van der Waals surface area contributed by atoms with Gasteiger partial charge in [0.1, 0.15) is 11.6 Å². The van der Waals surface area contributed by atoms with Crippen molar-refractivity contribution in [2.45, 2.75) is 6.54 Å². The summed E-state index contributed by atoms with van der Waals surface area (Å²) >= 11 is 4.92. The second-order valence-electron chi connectivity index (χ2n) is 3.18. The van der Waals surface area contributed by atoms with Crippen LogP contribution in [-0.2, 0) is 6.54 Å². The van der Waals surface area contributed by atoms with E-state index in [2.05, 4.69) is 21.2 Å². The van der Waals surface area contributed by atoms with E-state index in [-0.39, 0.29) is 0 Å². The molecule has 1 aromatic carbocycles. The normalized spacial score (nSPS) is 10.4. The lowest BCUT2D eigenvalue weighted by atomic mass is 10.3. The van der Waals surface area contributed by atoms with Crippen molar-refractivity contribution in [3.63, 3.8) is 0 Å². The van der Waals surface area contributed by atoms with Gasteiger partial charge in [-0.05, 0) is 40.2 Å². The summed E-state index contributed by atoms with van der Waals surface area (Å²) < 4.78 is 26.9. The van der Waals surface area contributed by atoms with E-state index in [9.17, 15) is 8.78 Å². The van der Waals surface area contributed by atoms with Gasteiger partial charge in [-0.1, -0.05) is 0 Å². The van der Waals surface area contributed by atoms with Gasteiger partial charge in [0.25, 0.3) is 0 Å². The molecule has 0 aliphatic carbocycles. The largest absolute Gasteiger partial charge is 0.378 e. The van der Waals surface area contributed by atoms with E-state index in [4.69, 9.17) is 0 Å². The SMILES string of the molecule is Fc1ccc(NCc2ccc(Br)s2)c(F)c1. The molecule has 1 nitrogen and oxygen atoms in total. The van der Waals surface area contributed by atoms with E-state index in [0.717, 1.165) is 14.7 Å². The van der Waals surface area contributed by atoms with Gasteiger partial charge >= 0.3 is 0 Å². The highest BCUT2D eigenvalue weighted by atomic mass is 79.9. The van der Waals surface area contributed by atoms with Gasteiger partial charge in [0.15, 0.2) is 0 Å². The van der Waals surface area contributed by atoms with E-state index in [0.29, 0.717) is 12.2 Å². The Kier molecular flexibility index (Phi) is 3.56. The Labute approximate surface area is 104 Å². The first-order valence-electron chi connectivity index (χ1n) is 4.58. The summed E-state index contributed by atoms with van der Waals surface area (Å²) in [6.07, 6.45) is 0. The van der Waals surface area contributed by atoms with Crippen LogP contribution in [0.4, 0.5) is 14.5 Å². The molecule has 0 aliphatic rings. The van der Waals surface area contributed by atoms with E-state index in [1.165, 1.54) is 12.1 Å². The number of rotatable bonds is 3. The number of halogens is 3. The van der Waals surface area contributed by atoms with Gasteiger partial charge in [0.05, 0.1) is 9.47 Å². The standard InChI is InChI=1S/C11H8BrF2NS/c12-11-4-2-8(16-11)6-15-10-3-1-7(13)5-9(10)14/h1-5,15H,6H2. The number of nitrogens with one attached hydrogen (secondary N) is 1. The van der Waals surface area contributed by atoms with Crippen LogP contribution in [0.15, 0.2) is 34.1 Å². The molecule has 1 aromatic heterocycles. The summed E-state index contributed by atoms with van der Waals surface area (Å²) in [6.45, 7) is 0.527. The molecule has 5 heteroatoms. The third kappa shape index (κ3) is 2.80. The maximum Gasteiger partial charge on any atom is 0.149 e. The van der Waals surface area contributed by atoms with Crippen LogP contribution in [0.25, 0.3) is 0 Å². The molecule has 1 heterocycles. The van der Waals surface area contributed by atoms with Gasteiger partial charge in [0, 0.05) is 17.5 Å². The van der Waals surface area contributed by atoms with Gasteiger partial charge in [-0.3, -0.25) is 0 Å². The topological polar surface area (TPSA) is 12.0 Å². The molecule has 0 unspecified atom stereocenters. The summed E-state index contributed by atoms with van der Waals surface area (Å²) in [4.78, 5) is 1.08. The molecule has 84 valence electrons. The summed E-state index contributed by atoms with van der Waals surface area (Å²) in [7, 11) is 0. The molecule has 0 atom stereocenters. The number of benzene rings is 1. The zero-order chi connectivity index (χ0) is 11.5. The van der Waals surface area contributed by atoms with Crippen LogP contribution in [0.5, 0.6) is 0 Å². The fourth-order valence-corrected chi connectivity index (χ4v) is 2.68. The predicted octanol–water partition coefficient (Wildman–Crippen LogP) is 4.40. The fraction of sp³-hybridized carbons (Fsp3) is 0.0909. The van der Waals surface area contributed by atoms with Gasteiger partial charge in [-0.15, -0.1) is 11.3 Å². The maximum absolute atomic E-state index is 13.3. The number of anilines is 1. The van der Waals surface area contributed by atoms with Gasteiger partial charge in [-0.2, -0.15) is 0 Å². The lowest BCUT2D eigenvalue weighted by Gasteiger charge is -2.05. The van der Waals surface area contributed by atoms with Crippen LogP contribution in [0.1, 0.15) is 4.88 Å². The minimum absolute atomic E-state index is 0.311. The van der Waals surface area contributed by atoms with Crippen LogP contribution in [0, 0.1) is 11.6 Å². The fourth-order valence-electron chi connectivity index (χ4n) is 1.26. The van der Waals surface area contributed by atoms with Crippen molar-refractivity contribution in [2.75, 3.05) is 5.32 Å². The van der Waals surface area contributed by atoms with Gasteiger partial charge in [-0.25, -0.2) is 8.78 Å². The Morgan fingerprint density at radius 3 is 2.62 bits per heavy atom. The summed E-state index contributed by atoms with van der Waals surface area (Å²) in [5.41, 5.74) is 0.311. The maximum atomic E-state index is 13.3. The van der Waals surface area contributed by atoms with Gasteiger partial charge < -0.3 is 5.32 Å². The third-order valence-electron chi connectivity index (χ3n) is 2.01. The molecule has 0 fully saturated rings. The molecule has 16 heavy (non-hydrogen) atoms. The molecule has 0 spiro atoms. The van der Waals surface area contributed by atoms with Crippen molar-refractivity contribution >= 4 is 33.0 Å². The molecule has 0 saturated heterocycles. The smallest absolute Gasteiger partial charge is 0.149 e. The first-order valence-corrected chi connectivity index (χ1v) is 6.19. The quantitative estimate of drug-likeness (QED) is 0.886. The van der Waals surface area contributed by atoms with Crippen molar-refractivity contribution in [1.82, 2.24) is 0 Å². The molecule has 1 N–H and O–H groups in total. The highest BCUT2D eigenvalue weighted by molar-refractivity contribution is 9.11. The Balaban J connectivity index is 2.04. The molecule has 2 rings (SSSR count). The van der Waals surface area contributed by atoms with Crippen molar-refractivity contribution in [3.05, 3.63) is 50.6 Å². The van der Waals surface area contributed by atoms with Crippen molar-refractivity contribution in [2.24, 2.45) is 0 Å². The van der Waals surface area contributed by atoms with Crippen LogP contribution in [-0.4, -0.2) is 0 Å². The molecule has 0 aliphatic heterocycles. The van der Waals surface area contributed by atoms with Gasteiger partial charge in [0.2, 0.25) is 0 Å².